The van der Waals surface area contributed by atoms with Crippen molar-refractivity contribution in [1.29, 1.82) is 0 Å². The van der Waals surface area contributed by atoms with E-state index in [1.807, 2.05) is 38.2 Å². The molecule has 1 aromatic carbocycles. The monoisotopic (exact) mass is 280 g/mol. The SMILES string of the molecule is CNc1ccc(-c2ccc(C(=O)C3CCC3)nc2C)cc1. The second-order valence-corrected chi connectivity index (χ2v) is 5.65. The molecule has 3 rings (SSSR count). The third-order valence-electron chi connectivity index (χ3n) is 4.30. The van der Waals surface area contributed by atoms with Crippen molar-refractivity contribution in [2.24, 2.45) is 5.92 Å². The van der Waals surface area contributed by atoms with E-state index in [0.29, 0.717) is 5.69 Å². The molecule has 1 saturated carbocycles. The molecule has 3 heteroatoms. The molecule has 0 bridgehead atoms. The minimum atomic E-state index is 0.206. The highest BCUT2D eigenvalue weighted by Crippen LogP contribution is 2.30. The molecule has 0 unspecified atom stereocenters. The number of carbonyl (C=O) groups is 1. The minimum Gasteiger partial charge on any atom is -0.388 e. The number of rotatable bonds is 4. The van der Waals surface area contributed by atoms with E-state index in [4.69, 9.17) is 0 Å². The number of ketones is 1. The zero-order valence-corrected chi connectivity index (χ0v) is 12.5. The van der Waals surface area contributed by atoms with Crippen LogP contribution in [0.3, 0.4) is 0 Å². The summed E-state index contributed by atoms with van der Waals surface area (Å²) in [5.74, 6) is 0.416. The van der Waals surface area contributed by atoms with Gasteiger partial charge in [0, 0.05) is 29.9 Å². The highest BCUT2D eigenvalue weighted by Gasteiger charge is 2.27. The maximum absolute atomic E-state index is 12.2. The lowest BCUT2D eigenvalue weighted by molar-refractivity contribution is 0.0849. The molecule has 1 heterocycles. The number of aryl methyl sites for hydroxylation is 1. The van der Waals surface area contributed by atoms with Gasteiger partial charge < -0.3 is 5.32 Å². The van der Waals surface area contributed by atoms with Crippen LogP contribution in [0, 0.1) is 12.8 Å². The van der Waals surface area contributed by atoms with Gasteiger partial charge in [-0.2, -0.15) is 0 Å². The van der Waals surface area contributed by atoms with Gasteiger partial charge in [-0.1, -0.05) is 24.6 Å². The van der Waals surface area contributed by atoms with E-state index in [1.165, 1.54) is 6.42 Å². The Kier molecular flexibility index (Phi) is 3.74. The summed E-state index contributed by atoms with van der Waals surface area (Å²) >= 11 is 0. The van der Waals surface area contributed by atoms with E-state index in [2.05, 4.69) is 22.4 Å². The van der Waals surface area contributed by atoms with Gasteiger partial charge in [-0.3, -0.25) is 4.79 Å². The standard InChI is InChI=1S/C18H20N2O/c1-12-16(13-6-8-15(19-2)9-7-13)10-11-17(20-12)18(21)14-4-3-5-14/h6-11,14,19H,3-5H2,1-2H3. The first kappa shape index (κ1) is 13.8. The number of carbonyl (C=O) groups excluding carboxylic acids is 1. The summed E-state index contributed by atoms with van der Waals surface area (Å²) in [5.41, 5.74) is 4.83. The molecule has 1 aliphatic carbocycles. The van der Waals surface area contributed by atoms with E-state index in [0.717, 1.165) is 35.3 Å². The molecule has 0 aliphatic heterocycles. The lowest BCUT2D eigenvalue weighted by atomic mass is 9.81. The van der Waals surface area contributed by atoms with Crippen molar-refractivity contribution in [2.75, 3.05) is 12.4 Å². The summed E-state index contributed by atoms with van der Waals surface area (Å²) in [5, 5.41) is 3.11. The Morgan fingerprint density at radius 2 is 1.86 bits per heavy atom. The number of benzene rings is 1. The van der Waals surface area contributed by atoms with Crippen LogP contribution in [0.25, 0.3) is 11.1 Å². The zero-order valence-electron chi connectivity index (χ0n) is 12.5. The lowest BCUT2D eigenvalue weighted by Gasteiger charge is -2.23. The van der Waals surface area contributed by atoms with Crippen molar-refractivity contribution in [3.8, 4) is 11.1 Å². The van der Waals surface area contributed by atoms with Crippen LogP contribution >= 0.6 is 0 Å². The van der Waals surface area contributed by atoms with Crippen LogP contribution in [0.1, 0.15) is 35.4 Å². The molecule has 0 spiro atoms. The number of nitrogens with one attached hydrogen (secondary N) is 1. The van der Waals surface area contributed by atoms with Gasteiger partial charge >= 0.3 is 0 Å². The molecule has 1 aliphatic rings. The van der Waals surface area contributed by atoms with E-state index >= 15 is 0 Å². The first-order valence-corrected chi connectivity index (χ1v) is 7.49. The molecule has 0 saturated heterocycles. The molecule has 0 atom stereocenters. The Labute approximate surface area is 125 Å². The number of nitrogens with zero attached hydrogens (tertiary/aromatic N) is 1. The van der Waals surface area contributed by atoms with Crippen LogP contribution in [0.2, 0.25) is 0 Å². The average molecular weight is 280 g/mol. The topological polar surface area (TPSA) is 42.0 Å². The second-order valence-electron chi connectivity index (χ2n) is 5.65. The summed E-state index contributed by atoms with van der Waals surface area (Å²) in [6.45, 7) is 1.97. The highest BCUT2D eigenvalue weighted by molar-refractivity contribution is 5.97. The van der Waals surface area contributed by atoms with E-state index < -0.39 is 0 Å². The summed E-state index contributed by atoms with van der Waals surface area (Å²) < 4.78 is 0. The normalized spacial score (nSPS) is 14.6. The number of pyridine rings is 1. The van der Waals surface area contributed by atoms with Crippen LogP contribution < -0.4 is 5.32 Å². The molecule has 2 aromatic rings. The Balaban J connectivity index is 1.87. The Hall–Kier alpha value is -2.16. The van der Waals surface area contributed by atoms with Crippen molar-refractivity contribution in [3.63, 3.8) is 0 Å². The number of anilines is 1. The van der Waals surface area contributed by atoms with Gasteiger partial charge in [0.25, 0.3) is 0 Å². The Bertz CT molecular complexity index is 657. The molecule has 0 amide bonds. The van der Waals surface area contributed by atoms with Crippen LogP contribution in [0.15, 0.2) is 36.4 Å². The van der Waals surface area contributed by atoms with Crippen molar-refractivity contribution in [3.05, 3.63) is 47.8 Å². The van der Waals surface area contributed by atoms with E-state index in [9.17, 15) is 4.79 Å². The molecular formula is C18H20N2O. The van der Waals surface area contributed by atoms with Crippen LogP contribution in [-0.4, -0.2) is 17.8 Å². The highest BCUT2D eigenvalue weighted by atomic mass is 16.1. The van der Waals surface area contributed by atoms with Gasteiger partial charge in [-0.05, 0) is 43.5 Å². The maximum atomic E-state index is 12.2. The third-order valence-corrected chi connectivity index (χ3v) is 4.30. The summed E-state index contributed by atoms with van der Waals surface area (Å²) in [6, 6.07) is 12.1. The van der Waals surface area contributed by atoms with E-state index in [1.54, 1.807) is 0 Å². The second kappa shape index (κ2) is 5.68. The summed E-state index contributed by atoms with van der Waals surface area (Å²) in [4.78, 5) is 16.8. The van der Waals surface area contributed by atoms with Gasteiger partial charge in [0.05, 0.1) is 0 Å². The zero-order chi connectivity index (χ0) is 14.8. The van der Waals surface area contributed by atoms with Crippen LogP contribution in [-0.2, 0) is 0 Å². The first-order valence-electron chi connectivity index (χ1n) is 7.49. The fourth-order valence-corrected chi connectivity index (χ4v) is 2.70. The molecule has 21 heavy (non-hydrogen) atoms. The molecular weight excluding hydrogens is 260 g/mol. The van der Waals surface area contributed by atoms with Crippen molar-refractivity contribution in [1.82, 2.24) is 4.98 Å². The lowest BCUT2D eigenvalue weighted by Crippen LogP contribution is -2.23. The minimum absolute atomic E-state index is 0.206. The summed E-state index contributed by atoms with van der Waals surface area (Å²) in [7, 11) is 1.91. The number of Topliss-reactive ketones (excluding diaryl/α,β-unsaturated/α-hetero) is 1. The van der Waals surface area contributed by atoms with Gasteiger partial charge in [0.15, 0.2) is 5.78 Å². The molecule has 1 aromatic heterocycles. The van der Waals surface area contributed by atoms with Gasteiger partial charge in [-0.15, -0.1) is 0 Å². The van der Waals surface area contributed by atoms with Crippen LogP contribution in [0.4, 0.5) is 5.69 Å². The maximum Gasteiger partial charge on any atom is 0.184 e. The number of aromatic nitrogens is 1. The molecule has 3 nitrogen and oxygen atoms in total. The molecule has 1 fully saturated rings. The number of hydrogen-bond donors (Lipinski definition) is 1. The summed E-state index contributed by atoms with van der Waals surface area (Å²) in [6.07, 6.45) is 3.21. The van der Waals surface area contributed by atoms with Crippen molar-refractivity contribution < 1.29 is 4.79 Å². The fraction of sp³-hybridized carbons (Fsp3) is 0.333. The first-order chi connectivity index (χ1) is 10.2. The fourth-order valence-electron chi connectivity index (χ4n) is 2.70. The largest absolute Gasteiger partial charge is 0.388 e. The Morgan fingerprint density at radius 3 is 2.38 bits per heavy atom. The quantitative estimate of drug-likeness (QED) is 0.858. The van der Waals surface area contributed by atoms with E-state index in [-0.39, 0.29) is 11.7 Å². The van der Waals surface area contributed by atoms with Crippen LogP contribution in [0.5, 0.6) is 0 Å². The van der Waals surface area contributed by atoms with Gasteiger partial charge in [-0.25, -0.2) is 4.98 Å². The van der Waals surface area contributed by atoms with Crippen molar-refractivity contribution >= 4 is 11.5 Å². The van der Waals surface area contributed by atoms with Crippen molar-refractivity contribution in [2.45, 2.75) is 26.2 Å². The number of hydrogen-bond acceptors (Lipinski definition) is 3. The van der Waals surface area contributed by atoms with Gasteiger partial charge in [0.2, 0.25) is 0 Å². The predicted molar refractivity (Wildman–Crippen MR) is 85.6 cm³/mol. The molecule has 1 N–H and O–H groups in total. The molecule has 0 radical (unpaired) electrons. The average Bonchev–Trinajstić information content (AvgIpc) is 2.45. The van der Waals surface area contributed by atoms with Gasteiger partial charge in [0.1, 0.15) is 5.69 Å². The smallest absolute Gasteiger partial charge is 0.184 e. The predicted octanol–water partition coefficient (Wildman–Crippen LogP) is 4.08. The Morgan fingerprint density at radius 1 is 1.14 bits per heavy atom. The molecule has 108 valence electrons. The third kappa shape index (κ3) is 2.68.